The maximum absolute atomic E-state index is 12.8. The Morgan fingerprint density at radius 1 is 1.05 bits per heavy atom. The number of nitrogens with zero attached hydrogens (tertiary/aromatic N) is 4. The zero-order valence-electron chi connectivity index (χ0n) is 22.3. The maximum atomic E-state index is 12.8. The molecular formula is C27H34N6O4S. The van der Waals surface area contributed by atoms with Gasteiger partial charge >= 0.3 is 12.0 Å². The maximum Gasteiger partial charge on any atom is 0.321 e. The van der Waals surface area contributed by atoms with E-state index in [2.05, 4.69) is 30.5 Å². The van der Waals surface area contributed by atoms with Gasteiger partial charge in [-0.1, -0.05) is 25.2 Å². The van der Waals surface area contributed by atoms with E-state index in [9.17, 15) is 14.4 Å². The number of urea groups is 1. The van der Waals surface area contributed by atoms with E-state index in [1.165, 1.54) is 11.3 Å². The number of hydrogen-bond donors (Lipinski definition) is 2. The fourth-order valence-corrected chi connectivity index (χ4v) is 5.68. The van der Waals surface area contributed by atoms with Gasteiger partial charge < -0.3 is 15.0 Å². The normalized spacial score (nSPS) is 14.8. The fourth-order valence-electron chi connectivity index (χ4n) is 4.71. The lowest BCUT2D eigenvalue weighted by Gasteiger charge is -2.39. The highest BCUT2D eigenvalue weighted by Crippen LogP contribution is 2.38. The van der Waals surface area contributed by atoms with Crippen LogP contribution in [0.1, 0.15) is 63.7 Å². The number of fused-ring (bicyclic) bond motifs is 1. The van der Waals surface area contributed by atoms with Gasteiger partial charge in [-0.25, -0.2) is 19.7 Å². The molecule has 1 aliphatic rings. The van der Waals surface area contributed by atoms with Crippen molar-refractivity contribution in [3.63, 3.8) is 0 Å². The van der Waals surface area contributed by atoms with Crippen LogP contribution >= 0.6 is 11.3 Å². The van der Waals surface area contributed by atoms with E-state index in [0.29, 0.717) is 67.7 Å². The Kier molecular flexibility index (Phi) is 8.55. The molecule has 11 heteroatoms. The number of aromatic nitrogens is 3. The zero-order chi connectivity index (χ0) is 27.3. The molecule has 1 fully saturated rings. The Hall–Kier alpha value is -3.60. The summed E-state index contributed by atoms with van der Waals surface area (Å²) < 4.78 is 6.07. The summed E-state index contributed by atoms with van der Waals surface area (Å²) in [7, 11) is 0. The van der Waals surface area contributed by atoms with Gasteiger partial charge in [0.2, 0.25) is 5.95 Å². The van der Waals surface area contributed by atoms with Crippen molar-refractivity contribution >= 4 is 50.4 Å². The summed E-state index contributed by atoms with van der Waals surface area (Å²) in [6, 6.07) is 3.39. The second kappa shape index (κ2) is 11.8. The van der Waals surface area contributed by atoms with E-state index < -0.39 is 5.41 Å². The number of esters is 1. The summed E-state index contributed by atoms with van der Waals surface area (Å²) in [6.07, 6.45) is 5.99. The topological polar surface area (TPSA) is 126 Å². The second-order valence-corrected chi connectivity index (χ2v) is 10.3. The van der Waals surface area contributed by atoms with Gasteiger partial charge in [-0.3, -0.25) is 14.9 Å². The van der Waals surface area contributed by atoms with Crippen LogP contribution in [0.2, 0.25) is 0 Å². The second-order valence-electron chi connectivity index (χ2n) is 9.27. The Morgan fingerprint density at radius 2 is 1.76 bits per heavy atom. The molecule has 0 radical (unpaired) electrons. The van der Waals surface area contributed by atoms with E-state index in [0.717, 1.165) is 22.2 Å². The molecule has 1 saturated heterocycles. The number of piperidine rings is 1. The minimum atomic E-state index is -0.442. The van der Waals surface area contributed by atoms with Gasteiger partial charge in [0.05, 0.1) is 22.2 Å². The van der Waals surface area contributed by atoms with Gasteiger partial charge in [-0.15, -0.1) is 0 Å². The van der Waals surface area contributed by atoms with Crippen LogP contribution in [-0.2, 0) is 9.53 Å². The monoisotopic (exact) mass is 538 g/mol. The molecule has 3 heterocycles. The summed E-state index contributed by atoms with van der Waals surface area (Å²) >= 11 is 1.28. The predicted octanol–water partition coefficient (Wildman–Crippen LogP) is 5.05. The van der Waals surface area contributed by atoms with Crippen molar-refractivity contribution in [3.8, 4) is 11.1 Å². The number of hydrogen-bond acceptors (Lipinski definition) is 9. The van der Waals surface area contributed by atoms with Crippen LogP contribution in [0.15, 0.2) is 24.5 Å². The lowest BCUT2D eigenvalue weighted by molar-refractivity contribution is -0.157. The van der Waals surface area contributed by atoms with Gasteiger partial charge in [0.25, 0.3) is 0 Å². The summed E-state index contributed by atoms with van der Waals surface area (Å²) in [5.74, 6) is 0.491. The van der Waals surface area contributed by atoms with E-state index >= 15 is 0 Å². The van der Waals surface area contributed by atoms with E-state index in [4.69, 9.17) is 4.74 Å². The van der Waals surface area contributed by atoms with Gasteiger partial charge in [-0.05, 0) is 50.8 Å². The highest BCUT2D eigenvalue weighted by atomic mass is 32.1. The minimum absolute atomic E-state index is 0.00285. The lowest BCUT2D eigenvalue weighted by atomic mass is 9.76. The molecule has 38 heavy (non-hydrogen) atoms. The van der Waals surface area contributed by atoms with Crippen molar-refractivity contribution in [3.05, 3.63) is 30.1 Å². The number of thiazole rings is 1. The Balaban J connectivity index is 1.56. The average molecular weight is 539 g/mol. The van der Waals surface area contributed by atoms with Crippen molar-refractivity contribution in [2.45, 2.75) is 53.4 Å². The third-order valence-electron chi connectivity index (χ3n) is 7.03. The molecule has 3 aromatic rings. The predicted molar refractivity (Wildman–Crippen MR) is 149 cm³/mol. The number of benzene rings is 1. The van der Waals surface area contributed by atoms with E-state index in [1.54, 1.807) is 12.4 Å². The van der Waals surface area contributed by atoms with Crippen LogP contribution < -0.4 is 15.5 Å². The molecule has 10 nitrogen and oxygen atoms in total. The largest absolute Gasteiger partial charge is 0.466 e. The molecule has 0 atom stereocenters. The summed E-state index contributed by atoms with van der Waals surface area (Å²) in [4.78, 5) is 53.1. The van der Waals surface area contributed by atoms with Gasteiger partial charge in [0.1, 0.15) is 0 Å². The molecule has 0 saturated carbocycles. The average Bonchev–Trinajstić information content (AvgIpc) is 3.34. The Labute approximate surface area is 226 Å². The SMILES string of the molecule is CCNC(=O)Nc1nc2cc(-c3cnc(N4CCC(CC)(C(=O)OCC)CC4)nc3)cc(C(=O)CC)c2s1. The van der Waals surface area contributed by atoms with Crippen LogP contribution in [0.4, 0.5) is 15.9 Å². The molecule has 2 N–H and O–H groups in total. The lowest BCUT2D eigenvalue weighted by Crippen LogP contribution is -2.45. The molecular weight excluding hydrogens is 504 g/mol. The first-order valence-electron chi connectivity index (χ1n) is 13.1. The molecule has 2 aromatic heterocycles. The number of amides is 2. The summed E-state index contributed by atoms with van der Waals surface area (Å²) in [5.41, 5.74) is 2.30. The Morgan fingerprint density at radius 3 is 2.37 bits per heavy atom. The molecule has 4 rings (SSSR count). The molecule has 0 spiro atoms. The van der Waals surface area contributed by atoms with Gasteiger partial charge in [0, 0.05) is 49.6 Å². The molecule has 0 bridgehead atoms. The minimum Gasteiger partial charge on any atom is -0.466 e. The number of nitrogens with one attached hydrogen (secondary N) is 2. The van der Waals surface area contributed by atoms with Gasteiger partial charge in [0.15, 0.2) is 10.9 Å². The van der Waals surface area contributed by atoms with Gasteiger partial charge in [-0.2, -0.15) is 0 Å². The highest BCUT2D eigenvalue weighted by Gasteiger charge is 2.41. The number of anilines is 2. The molecule has 2 amide bonds. The summed E-state index contributed by atoms with van der Waals surface area (Å²) in [6.45, 7) is 9.76. The molecule has 1 aliphatic heterocycles. The third kappa shape index (κ3) is 5.62. The van der Waals surface area contributed by atoms with Crippen LogP contribution in [0.25, 0.3) is 21.3 Å². The van der Waals surface area contributed by atoms with E-state index in [-0.39, 0.29) is 17.8 Å². The third-order valence-corrected chi connectivity index (χ3v) is 8.05. The standard InChI is InChI=1S/C27H34N6O4S/c1-5-21(34)19-13-17(14-20-22(19)38-26(31-20)32-25(36)28-7-3)18-15-29-24(30-16-18)33-11-9-27(6-2,10-12-33)23(35)37-8-4/h13-16H,5-12H2,1-4H3,(H2,28,31,32,36). The van der Waals surface area contributed by atoms with Crippen LogP contribution in [0.5, 0.6) is 0 Å². The van der Waals surface area contributed by atoms with Crippen LogP contribution in [-0.4, -0.2) is 59.0 Å². The van der Waals surface area contributed by atoms with Crippen molar-refractivity contribution in [2.75, 3.05) is 36.5 Å². The highest BCUT2D eigenvalue weighted by molar-refractivity contribution is 7.22. The molecule has 202 valence electrons. The van der Waals surface area contributed by atoms with Crippen LogP contribution in [0.3, 0.4) is 0 Å². The van der Waals surface area contributed by atoms with Crippen molar-refractivity contribution in [1.82, 2.24) is 20.3 Å². The number of Topliss-reactive ketones (excluding diaryl/α,β-unsaturated/α-hetero) is 1. The first-order valence-corrected chi connectivity index (χ1v) is 13.9. The van der Waals surface area contributed by atoms with E-state index in [1.807, 2.05) is 39.8 Å². The number of ether oxygens (including phenoxy) is 1. The number of carbonyl (C=O) groups excluding carboxylic acids is 3. The fraction of sp³-hybridized carbons (Fsp3) is 0.481. The Bertz CT molecular complexity index is 1320. The molecule has 0 aliphatic carbocycles. The smallest absolute Gasteiger partial charge is 0.321 e. The van der Waals surface area contributed by atoms with Crippen molar-refractivity contribution in [1.29, 1.82) is 0 Å². The number of rotatable bonds is 9. The van der Waals surface area contributed by atoms with Crippen LogP contribution in [0, 0.1) is 5.41 Å². The molecule has 1 aromatic carbocycles. The first-order chi connectivity index (χ1) is 18.3. The number of carbonyl (C=O) groups is 3. The quantitative estimate of drug-likeness (QED) is 0.286. The number of ketones is 1. The van der Waals surface area contributed by atoms with Crippen molar-refractivity contribution in [2.24, 2.45) is 5.41 Å². The summed E-state index contributed by atoms with van der Waals surface area (Å²) in [5, 5.41) is 5.84. The first kappa shape index (κ1) is 27.4. The zero-order valence-corrected chi connectivity index (χ0v) is 23.1. The van der Waals surface area contributed by atoms with Crippen molar-refractivity contribution < 1.29 is 19.1 Å². The molecule has 0 unspecified atom stereocenters.